The van der Waals surface area contributed by atoms with E-state index in [-0.39, 0.29) is 11.7 Å². The van der Waals surface area contributed by atoms with E-state index in [1.54, 1.807) is 18.2 Å². The van der Waals surface area contributed by atoms with E-state index >= 15 is 4.39 Å². The van der Waals surface area contributed by atoms with Crippen LogP contribution in [0.2, 0.25) is 0 Å². The highest BCUT2D eigenvalue weighted by atomic mass is 19.2. The van der Waals surface area contributed by atoms with Crippen LogP contribution in [0.15, 0.2) is 24.3 Å². The SMILES string of the molecule is CCc1ccc2c(c1F)CCC(c1ccc(C3CCC(CC)CC3)c(F)c1F)=C2. The summed E-state index contributed by atoms with van der Waals surface area (Å²) < 4.78 is 44.6. The summed E-state index contributed by atoms with van der Waals surface area (Å²) in [6.45, 7) is 4.13. The Morgan fingerprint density at radius 2 is 1.59 bits per heavy atom. The molecule has 29 heavy (non-hydrogen) atoms. The van der Waals surface area contributed by atoms with Gasteiger partial charge in [-0.05, 0) is 84.6 Å². The number of fused-ring (bicyclic) bond motifs is 1. The van der Waals surface area contributed by atoms with Gasteiger partial charge in [-0.3, -0.25) is 0 Å². The van der Waals surface area contributed by atoms with Gasteiger partial charge >= 0.3 is 0 Å². The van der Waals surface area contributed by atoms with Crippen LogP contribution in [0.1, 0.15) is 86.1 Å². The molecule has 0 saturated heterocycles. The van der Waals surface area contributed by atoms with Crippen LogP contribution in [0.5, 0.6) is 0 Å². The standard InChI is InChI=1S/C26H29F3/c1-3-16-5-7-18(8-6-16)21-13-14-23(26(29)25(21)28)20-11-12-22-19(15-20)10-9-17(4-2)24(22)27/h9-10,13-16,18H,3-8,11-12H2,1-2H3. The molecule has 0 atom stereocenters. The zero-order valence-electron chi connectivity index (χ0n) is 17.3. The van der Waals surface area contributed by atoms with Crippen molar-refractivity contribution >= 4 is 11.6 Å². The van der Waals surface area contributed by atoms with Crippen molar-refractivity contribution in [2.45, 2.75) is 71.1 Å². The lowest BCUT2D eigenvalue weighted by Crippen LogP contribution is -2.15. The predicted octanol–water partition coefficient (Wildman–Crippen LogP) is 7.84. The number of halogens is 3. The fourth-order valence-corrected chi connectivity index (χ4v) is 5.09. The summed E-state index contributed by atoms with van der Waals surface area (Å²) in [5, 5.41) is 0. The molecule has 0 nitrogen and oxygen atoms in total. The summed E-state index contributed by atoms with van der Waals surface area (Å²) in [4.78, 5) is 0. The first-order valence-electron chi connectivity index (χ1n) is 11.0. The third-order valence-electron chi connectivity index (χ3n) is 7.04. The van der Waals surface area contributed by atoms with Gasteiger partial charge in [-0.2, -0.15) is 0 Å². The zero-order valence-corrected chi connectivity index (χ0v) is 17.3. The number of hydrogen-bond donors (Lipinski definition) is 0. The number of aryl methyl sites for hydroxylation is 1. The highest BCUT2D eigenvalue weighted by molar-refractivity contribution is 5.85. The first-order valence-corrected chi connectivity index (χ1v) is 11.0. The minimum Gasteiger partial charge on any atom is -0.206 e. The van der Waals surface area contributed by atoms with Crippen LogP contribution in [-0.4, -0.2) is 0 Å². The van der Waals surface area contributed by atoms with E-state index in [0.717, 1.165) is 42.7 Å². The second kappa shape index (κ2) is 8.38. The normalized spacial score (nSPS) is 21.6. The summed E-state index contributed by atoms with van der Waals surface area (Å²) in [5.41, 5.74) is 3.77. The lowest BCUT2D eigenvalue weighted by molar-refractivity contribution is 0.312. The topological polar surface area (TPSA) is 0 Å². The van der Waals surface area contributed by atoms with Crippen molar-refractivity contribution in [1.82, 2.24) is 0 Å². The maximum Gasteiger partial charge on any atom is 0.166 e. The van der Waals surface area contributed by atoms with Crippen molar-refractivity contribution in [2.24, 2.45) is 5.92 Å². The Hall–Kier alpha value is -2.03. The molecule has 0 bridgehead atoms. The third-order valence-corrected chi connectivity index (χ3v) is 7.04. The third kappa shape index (κ3) is 3.76. The lowest BCUT2D eigenvalue weighted by atomic mass is 9.77. The second-order valence-corrected chi connectivity index (χ2v) is 8.59. The minimum atomic E-state index is -0.750. The average Bonchev–Trinajstić information content (AvgIpc) is 2.76. The first-order chi connectivity index (χ1) is 14.0. The van der Waals surface area contributed by atoms with Gasteiger partial charge in [0.25, 0.3) is 0 Å². The zero-order chi connectivity index (χ0) is 20.5. The Kier molecular flexibility index (Phi) is 5.85. The molecule has 2 aromatic rings. The molecule has 0 N–H and O–H groups in total. The van der Waals surface area contributed by atoms with Crippen LogP contribution in [0.3, 0.4) is 0 Å². The van der Waals surface area contributed by atoms with Gasteiger partial charge in [-0.15, -0.1) is 0 Å². The van der Waals surface area contributed by atoms with E-state index in [9.17, 15) is 8.78 Å². The maximum absolute atomic E-state index is 15.0. The monoisotopic (exact) mass is 398 g/mol. The number of rotatable bonds is 4. The molecule has 4 rings (SSSR count). The Morgan fingerprint density at radius 1 is 0.828 bits per heavy atom. The summed E-state index contributed by atoms with van der Waals surface area (Å²) >= 11 is 0. The lowest BCUT2D eigenvalue weighted by Gasteiger charge is -2.28. The Morgan fingerprint density at radius 3 is 2.28 bits per heavy atom. The molecule has 2 aliphatic rings. The van der Waals surface area contributed by atoms with Crippen LogP contribution in [0.25, 0.3) is 11.6 Å². The molecule has 0 heterocycles. The van der Waals surface area contributed by atoms with E-state index in [2.05, 4.69) is 6.92 Å². The van der Waals surface area contributed by atoms with Crippen LogP contribution < -0.4 is 0 Å². The molecule has 3 heteroatoms. The fourth-order valence-electron chi connectivity index (χ4n) is 5.09. The van der Waals surface area contributed by atoms with Crippen molar-refractivity contribution in [3.05, 3.63) is 69.5 Å². The summed E-state index contributed by atoms with van der Waals surface area (Å²) in [5.74, 6) is -0.754. The Bertz CT molecular complexity index is 933. The smallest absolute Gasteiger partial charge is 0.166 e. The largest absolute Gasteiger partial charge is 0.206 e. The highest BCUT2D eigenvalue weighted by Crippen LogP contribution is 2.40. The van der Waals surface area contributed by atoms with Crippen LogP contribution in [0, 0.1) is 23.4 Å². The predicted molar refractivity (Wildman–Crippen MR) is 113 cm³/mol. The van der Waals surface area contributed by atoms with Crippen molar-refractivity contribution in [1.29, 1.82) is 0 Å². The van der Waals surface area contributed by atoms with Gasteiger partial charge in [-0.1, -0.05) is 50.6 Å². The number of allylic oxidation sites excluding steroid dienone is 1. The van der Waals surface area contributed by atoms with Gasteiger partial charge in [0.15, 0.2) is 11.6 Å². The van der Waals surface area contributed by atoms with Gasteiger partial charge in [0.2, 0.25) is 0 Å². The van der Waals surface area contributed by atoms with Gasteiger partial charge in [0.05, 0.1) is 0 Å². The van der Waals surface area contributed by atoms with Crippen molar-refractivity contribution < 1.29 is 13.2 Å². The molecule has 2 aliphatic carbocycles. The van der Waals surface area contributed by atoms with Crippen molar-refractivity contribution in [2.75, 3.05) is 0 Å². The fraction of sp³-hybridized carbons (Fsp3) is 0.462. The highest BCUT2D eigenvalue weighted by Gasteiger charge is 2.27. The van der Waals surface area contributed by atoms with E-state index < -0.39 is 11.6 Å². The summed E-state index contributed by atoms with van der Waals surface area (Å²) in [7, 11) is 0. The summed E-state index contributed by atoms with van der Waals surface area (Å²) in [6, 6.07) is 7.20. The second-order valence-electron chi connectivity index (χ2n) is 8.59. The van der Waals surface area contributed by atoms with E-state index in [4.69, 9.17) is 0 Å². The van der Waals surface area contributed by atoms with Crippen molar-refractivity contribution in [3.8, 4) is 0 Å². The van der Waals surface area contributed by atoms with Crippen molar-refractivity contribution in [3.63, 3.8) is 0 Å². The molecule has 0 unspecified atom stereocenters. The van der Waals surface area contributed by atoms with Crippen LogP contribution in [0.4, 0.5) is 13.2 Å². The van der Waals surface area contributed by atoms with Gasteiger partial charge < -0.3 is 0 Å². The molecule has 0 aromatic heterocycles. The van der Waals surface area contributed by atoms with Crippen LogP contribution in [-0.2, 0) is 12.8 Å². The van der Waals surface area contributed by atoms with E-state index in [0.29, 0.717) is 41.5 Å². The molecular weight excluding hydrogens is 369 g/mol. The molecule has 1 saturated carbocycles. The molecule has 0 spiro atoms. The Labute approximate surface area is 171 Å². The minimum absolute atomic E-state index is 0.115. The van der Waals surface area contributed by atoms with Gasteiger partial charge in [0.1, 0.15) is 5.82 Å². The molecule has 0 amide bonds. The van der Waals surface area contributed by atoms with Gasteiger partial charge in [-0.25, -0.2) is 13.2 Å². The molecule has 154 valence electrons. The molecule has 0 aliphatic heterocycles. The quantitative estimate of drug-likeness (QED) is 0.492. The molecule has 1 fully saturated rings. The van der Waals surface area contributed by atoms with E-state index in [1.807, 2.05) is 19.1 Å². The maximum atomic E-state index is 15.0. The first kappa shape index (κ1) is 20.3. The number of benzene rings is 2. The Balaban J connectivity index is 1.63. The molecule has 0 radical (unpaired) electrons. The molecular formula is C26H29F3. The van der Waals surface area contributed by atoms with Crippen LogP contribution >= 0.6 is 0 Å². The summed E-state index contributed by atoms with van der Waals surface area (Å²) in [6.07, 6.45) is 8.74. The number of hydrogen-bond acceptors (Lipinski definition) is 0. The van der Waals surface area contributed by atoms with E-state index in [1.165, 1.54) is 6.42 Å². The molecule has 2 aromatic carbocycles. The van der Waals surface area contributed by atoms with Gasteiger partial charge in [0, 0.05) is 5.56 Å². The average molecular weight is 399 g/mol.